The van der Waals surface area contributed by atoms with Gasteiger partial charge in [0.25, 0.3) is 0 Å². The Hall–Kier alpha value is -0.520. The van der Waals surface area contributed by atoms with E-state index in [1.807, 2.05) is 19.1 Å². The summed E-state index contributed by atoms with van der Waals surface area (Å²) in [5.74, 6) is 0.588. The van der Waals surface area contributed by atoms with Crippen LogP contribution in [0.2, 0.25) is 0 Å². The molecular formula is C12H17NO2S2. The molecule has 1 atom stereocenters. The van der Waals surface area contributed by atoms with Crippen molar-refractivity contribution < 1.29 is 8.42 Å². The normalized spacial score (nSPS) is 21.9. The van der Waals surface area contributed by atoms with Gasteiger partial charge in [0.15, 0.2) is 0 Å². The van der Waals surface area contributed by atoms with Gasteiger partial charge in [0.05, 0.1) is 4.90 Å². The third-order valence-corrected chi connectivity index (χ3v) is 5.55. The molecule has 1 aromatic rings. The number of hydrogen-bond donors (Lipinski definition) is 1. The van der Waals surface area contributed by atoms with Crippen molar-refractivity contribution in [3.63, 3.8) is 0 Å². The Kier molecular flexibility index (Phi) is 3.80. The van der Waals surface area contributed by atoms with Gasteiger partial charge >= 0.3 is 0 Å². The molecule has 1 saturated heterocycles. The van der Waals surface area contributed by atoms with Crippen LogP contribution < -0.4 is 0 Å². The van der Waals surface area contributed by atoms with Crippen molar-refractivity contribution >= 4 is 22.7 Å². The fourth-order valence-corrected chi connectivity index (χ4v) is 4.34. The molecule has 5 heteroatoms. The summed E-state index contributed by atoms with van der Waals surface area (Å²) in [7, 11) is -3.33. The molecule has 0 amide bonds. The first-order chi connectivity index (χ1) is 8.05. The molecular weight excluding hydrogens is 254 g/mol. The highest BCUT2D eigenvalue weighted by atomic mass is 32.2. The number of thiol groups is 1. The van der Waals surface area contributed by atoms with Crippen LogP contribution in [0.3, 0.4) is 0 Å². The number of rotatable bonds is 3. The molecule has 3 nitrogen and oxygen atoms in total. The SMILES string of the molecule is Cc1ccc(S(=O)(=O)N2CCCC2CS)cc1. The number of hydrogen-bond acceptors (Lipinski definition) is 3. The highest BCUT2D eigenvalue weighted by molar-refractivity contribution is 7.89. The molecule has 0 aliphatic carbocycles. The number of sulfonamides is 1. The van der Waals surface area contributed by atoms with Gasteiger partial charge in [-0.15, -0.1) is 0 Å². The molecule has 1 aromatic carbocycles. The Morgan fingerprint density at radius 3 is 2.59 bits per heavy atom. The minimum atomic E-state index is -3.33. The predicted octanol–water partition coefficient (Wildman–Crippen LogP) is 2.08. The minimum absolute atomic E-state index is 0.0460. The second kappa shape index (κ2) is 5.00. The first-order valence-electron chi connectivity index (χ1n) is 5.75. The van der Waals surface area contributed by atoms with E-state index in [1.54, 1.807) is 16.4 Å². The molecule has 1 fully saturated rings. The Morgan fingerprint density at radius 1 is 1.35 bits per heavy atom. The maximum absolute atomic E-state index is 12.4. The van der Waals surface area contributed by atoms with Gasteiger partial charge in [-0.1, -0.05) is 17.7 Å². The fraction of sp³-hybridized carbons (Fsp3) is 0.500. The van der Waals surface area contributed by atoms with Gasteiger partial charge in [0.2, 0.25) is 10.0 Å². The molecule has 1 aliphatic heterocycles. The molecule has 94 valence electrons. The highest BCUT2D eigenvalue weighted by Crippen LogP contribution is 2.26. The van der Waals surface area contributed by atoms with Gasteiger partial charge in [0.1, 0.15) is 0 Å². The van der Waals surface area contributed by atoms with Gasteiger partial charge in [-0.25, -0.2) is 8.42 Å². The zero-order chi connectivity index (χ0) is 12.5. The quantitative estimate of drug-likeness (QED) is 0.855. The molecule has 0 N–H and O–H groups in total. The summed E-state index contributed by atoms with van der Waals surface area (Å²) in [5, 5.41) is 0. The summed E-state index contributed by atoms with van der Waals surface area (Å²) in [5.41, 5.74) is 1.07. The van der Waals surface area contributed by atoms with E-state index in [9.17, 15) is 8.42 Å². The van der Waals surface area contributed by atoms with Gasteiger partial charge in [-0.05, 0) is 31.9 Å². The minimum Gasteiger partial charge on any atom is -0.207 e. The molecule has 0 aromatic heterocycles. The molecule has 0 bridgehead atoms. The predicted molar refractivity (Wildman–Crippen MR) is 71.9 cm³/mol. The molecule has 2 rings (SSSR count). The molecule has 1 heterocycles. The molecule has 1 aliphatic rings. The standard InChI is InChI=1S/C12H17NO2S2/c1-10-4-6-12(7-5-10)17(14,15)13-8-2-3-11(13)9-16/h4-7,11,16H,2-3,8-9H2,1H3. The second-order valence-electron chi connectivity index (χ2n) is 4.41. The first-order valence-corrected chi connectivity index (χ1v) is 7.82. The van der Waals surface area contributed by atoms with E-state index in [0.717, 1.165) is 18.4 Å². The van der Waals surface area contributed by atoms with E-state index < -0.39 is 10.0 Å². The van der Waals surface area contributed by atoms with Crippen LogP contribution in [-0.2, 0) is 10.0 Å². The van der Waals surface area contributed by atoms with Crippen LogP contribution in [0, 0.1) is 6.92 Å². The van der Waals surface area contributed by atoms with Crippen LogP contribution in [-0.4, -0.2) is 31.1 Å². The lowest BCUT2D eigenvalue weighted by Crippen LogP contribution is -2.36. The first kappa shape index (κ1) is 12.9. The number of benzene rings is 1. The Balaban J connectivity index is 2.33. The van der Waals surface area contributed by atoms with Crippen molar-refractivity contribution in [2.24, 2.45) is 0 Å². The summed E-state index contributed by atoms with van der Waals surface area (Å²) < 4.78 is 26.4. The lowest BCUT2D eigenvalue weighted by molar-refractivity contribution is 0.413. The van der Waals surface area contributed by atoms with E-state index in [2.05, 4.69) is 12.6 Å². The lowest BCUT2D eigenvalue weighted by Gasteiger charge is -2.22. The van der Waals surface area contributed by atoms with E-state index >= 15 is 0 Å². The van der Waals surface area contributed by atoms with Crippen molar-refractivity contribution in [2.45, 2.75) is 30.7 Å². The maximum atomic E-state index is 12.4. The van der Waals surface area contributed by atoms with Crippen molar-refractivity contribution in [3.8, 4) is 0 Å². The van der Waals surface area contributed by atoms with Gasteiger partial charge in [0, 0.05) is 18.3 Å². The number of aryl methyl sites for hydroxylation is 1. The zero-order valence-electron chi connectivity index (χ0n) is 9.83. The van der Waals surface area contributed by atoms with Crippen LogP contribution in [0.4, 0.5) is 0 Å². The molecule has 0 saturated carbocycles. The average molecular weight is 271 g/mol. The van der Waals surface area contributed by atoms with Crippen molar-refractivity contribution in [1.82, 2.24) is 4.31 Å². The maximum Gasteiger partial charge on any atom is 0.243 e. The summed E-state index contributed by atoms with van der Waals surface area (Å²) in [6, 6.07) is 7.07. The summed E-state index contributed by atoms with van der Waals surface area (Å²) in [6.45, 7) is 2.56. The Morgan fingerprint density at radius 2 is 2.00 bits per heavy atom. The molecule has 0 radical (unpaired) electrons. The third kappa shape index (κ3) is 2.51. The van der Waals surface area contributed by atoms with Gasteiger partial charge < -0.3 is 0 Å². The Labute approximate surface area is 108 Å². The van der Waals surface area contributed by atoms with E-state index in [4.69, 9.17) is 0 Å². The summed E-state index contributed by atoms with van der Waals surface area (Å²) in [4.78, 5) is 0.386. The van der Waals surface area contributed by atoms with Crippen LogP contribution in [0.1, 0.15) is 18.4 Å². The van der Waals surface area contributed by atoms with Crippen LogP contribution in [0.5, 0.6) is 0 Å². The van der Waals surface area contributed by atoms with Crippen molar-refractivity contribution in [1.29, 1.82) is 0 Å². The average Bonchev–Trinajstić information content (AvgIpc) is 2.78. The lowest BCUT2D eigenvalue weighted by atomic mass is 10.2. The van der Waals surface area contributed by atoms with Crippen LogP contribution in [0.25, 0.3) is 0 Å². The highest BCUT2D eigenvalue weighted by Gasteiger charge is 2.34. The largest absolute Gasteiger partial charge is 0.243 e. The van der Waals surface area contributed by atoms with Crippen molar-refractivity contribution in [2.75, 3.05) is 12.3 Å². The van der Waals surface area contributed by atoms with Crippen molar-refractivity contribution in [3.05, 3.63) is 29.8 Å². The Bertz CT molecular complexity index is 482. The van der Waals surface area contributed by atoms with Gasteiger partial charge in [-0.2, -0.15) is 16.9 Å². The molecule has 0 spiro atoms. The van der Waals surface area contributed by atoms with E-state index in [1.165, 1.54) is 0 Å². The van der Waals surface area contributed by atoms with Gasteiger partial charge in [-0.3, -0.25) is 0 Å². The van der Waals surface area contributed by atoms with E-state index in [-0.39, 0.29) is 6.04 Å². The molecule has 17 heavy (non-hydrogen) atoms. The van der Waals surface area contributed by atoms with Crippen LogP contribution in [0.15, 0.2) is 29.2 Å². The topological polar surface area (TPSA) is 37.4 Å². The summed E-state index contributed by atoms with van der Waals surface area (Å²) >= 11 is 4.23. The zero-order valence-corrected chi connectivity index (χ0v) is 11.5. The fourth-order valence-electron chi connectivity index (χ4n) is 2.15. The second-order valence-corrected chi connectivity index (χ2v) is 6.66. The number of nitrogens with zero attached hydrogens (tertiary/aromatic N) is 1. The summed E-state index contributed by atoms with van der Waals surface area (Å²) in [6.07, 6.45) is 1.84. The smallest absolute Gasteiger partial charge is 0.207 e. The van der Waals surface area contributed by atoms with E-state index in [0.29, 0.717) is 17.2 Å². The monoisotopic (exact) mass is 271 g/mol. The molecule has 1 unspecified atom stereocenters. The third-order valence-electron chi connectivity index (χ3n) is 3.16. The van der Waals surface area contributed by atoms with Crippen LogP contribution >= 0.6 is 12.6 Å².